The van der Waals surface area contributed by atoms with Crippen LogP contribution in [-0.4, -0.2) is 45.6 Å². The summed E-state index contributed by atoms with van der Waals surface area (Å²) in [6.45, 7) is 1.31. The highest BCUT2D eigenvalue weighted by atomic mass is 32.2. The summed E-state index contributed by atoms with van der Waals surface area (Å²) in [5, 5.41) is 10.9. The largest absolute Gasteiger partial charge is 0.299 e. The molecular weight excluding hydrogens is 304 g/mol. The number of thioether (sulfide) groups is 1. The topological polar surface area (TPSA) is 58.1 Å². The highest BCUT2D eigenvalue weighted by Crippen LogP contribution is 2.29. The van der Waals surface area contributed by atoms with Crippen LogP contribution in [0.4, 0.5) is 5.13 Å². The van der Waals surface area contributed by atoms with Crippen molar-refractivity contribution >= 4 is 34.1 Å². The van der Waals surface area contributed by atoms with Crippen LogP contribution in [0.25, 0.3) is 0 Å². The number of hydrogen-bond donors (Lipinski definition) is 1. The van der Waals surface area contributed by atoms with Crippen LogP contribution in [0.1, 0.15) is 11.6 Å². The van der Waals surface area contributed by atoms with Gasteiger partial charge in [0.1, 0.15) is 5.51 Å². The van der Waals surface area contributed by atoms with Crippen molar-refractivity contribution in [3.8, 4) is 0 Å². The molecule has 0 bridgehead atoms. The smallest absolute Gasteiger partial charge is 0.240 e. The Balaban J connectivity index is 1.66. The first-order chi connectivity index (χ1) is 10.3. The first kappa shape index (κ1) is 14.5. The van der Waals surface area contributed by atoms with E-state index in [1.54, 1.807) is 5.51 Å². The van der Waals surface area contributed by atoms with Crippen molar-refractivity contribution in [2.75, 3.05) is 29.9 Å². The summed E-state index contributed by atoms with van der Waals surface area (Å²) in [6.07, 6.45) is 0. The molecule has 3 rings (SSSR count). The Hall–Kier alpha value is -1.44. The van der Waals surface area contributed by atoms with E-state index in [9.17, 15) is 4.79 Å². The lowest BCUT2D eigenvalue weighted by atomic mass is 10.1. The molecule has 2 aromatic rings. The van der Waals surface area contributed by atoms with E-state index < -0.39 is 0 Å². The van der Waals surface area contributed by atoms with Gasteiger partial charge < -0.3 is 0 Å². The number of carbonyl (C=O) groups is 1. The van der Waals surface area contributed by atoms with Gasteiger partial charge in [0, 0.05) is 24.1 Å². The minimum Gasteiger partial charge on any atom is -0.299 e. The number of aromatic nitrogens is 2. The molecule has 21 heavy (non-hydrogen) atoms. The number of nitrogens with one attached hydrogen (secondary N) is 1. The molecular formula is C14H16N4OS2. The van der Waals surface area contributed by atoms with Gasteiger partial charge in [-0.25, -0.2) is 0 Å². The quantitative estimate of drug-likeness (QED) is 0.936. The Morgan fingerprint density at radius 2 is 2.24 bits per heavy atom. The number of hydrogen-bond acceptors (Lipinski definition) is 6. The highest BCUT2D eigenvalue weighted by Gasteiger charge is 2.26. The minimum absolute atomic E-state index is 0.0282. The Morgan fingerprint density at radius 3 is 3.00 bits per heavy atom. The Labute approximate surface area is 131 Å². The van der Waals surface area contributed by atoms with E-state index in [0.29, 0.717) is 17.7 Å². The SMILES string of the molecule is O=C(CN1CCSC[C@@H]1c1ccccc1)Nc1nncs1. The summed E-state index contributed by atoms with van der Waals surface area (Å²) in [4.78, 5) is 14.4. The fourth-order valence-corrected chi connectivity index (χ4v) is 4.00. The molecule has 0 aliphatic carbocycles. The first-order valence-electron chi connectivity index (χ1n) is 6.75. The standard InChI is InChI=1S/C14H16N4OS2/c19-13(16-14-17-15-10-21-14)8-18-6-7-20-9-12(18)11-4-2-1-3-5-11/h1-5,10,12H,6-9H2,(H,16,17,19)/t12-/m1/s1. The molecule has 1 amide bonds. The predicted molar refractivity (Wildman–Crippen MR) is 86.6 cm³/mol. The van der Waals surface area contributed by atoms with E-state index in [1.165, 1.54) is 16.9 Å². The summed E-state index contributed by atoms with van der Waals surface area (Å²) in [7, 11) is 0. The van der Waals surface area contributed by atoms with Crippen LogP contribution >= 0.6 is 23.1 Å². The molecule has 1 N–H and O–H groups in total. The van der Waals surface area contributed by atoms with Gasteiger partial charge in [0.15, 0.2) is 0 Å². The molecule has 2 heterocycles. The van der Waals surface area contributed by atoms with Crippen molar-refractivity contribution in [1.82, 2.24) is 15.1 Å². The van der Waals surface area contributed by atoms with Crippen molar-refractivity contribution in [3.63, 3.8) is 0 Å². The number of carbonyl (C=O) groups excluding carboxylic acids is 1. The summed E-state index contributed by atoms with van der Waals surface area (Å²) < 4.78 is 0. The summed E-state index contributed by atoms with van der Waals surface area (Å²) in [6, 6.07) is 10.7. The third-order valence-electron chi connectivity index (χ3n) is 3.38. The summed E-state index contributed by atoms with van der Waals surface area (Å²) in [5.74, 6) is 2.06. The van der Waals surface area contributed by atoms with Crippen molar-refractivity contribution in [2.24, 2.45) is 0 Å². The first-order valence-corrected chi connectivity index (χ1v) is 8.79. The average Bonchev–Trinajstić information content (AvgIpc) is 3.01. The van der Waals surface area contributed by atoms with E-state index in [2.05, 4.69) is 32.5 Å². The molecule has 0 spiro atoms. The molecule has 0 radical (unpaired) electrons. The van der Waals surface area contributed by atoms with E-state index in [-0.39, 0.29) is 5.91 Å². The monoisotopic (exact) mass is 320 g/mol. The molecule has 1 aliphatic heterocycles. The van der Waals surface area contributed by atoms with Crippen LogP contribution < -0.4 is 5.32 Å². The zero-order valence-electron chi connectivity index (χ0n) is 11.4. The Kier molecular flexibility index (Phi) is 4.84. The van der Waals surface area contributed by atoms with Gasteiger partial charge >= 0.3 is 0 Å². The maximum atomic E-state index is 12.1. The third kappa shape index (κ3) is 3.81. The molecule has 0 unspecified atom stereocenters. The molecule has 1 aromatic heterocycles. The Morgan fingerprint density at radius 1 is 1.38 bits per heavy atom. The lowest BCUT2D eigenvalue weighted by Gasteiger charge is -2.35. The number of nitrogens with zero attached hydrogens (tertiary/aromatic N) is 3. The Bertz CT molecular complexity index is 576. The summed E-state index contributed by atoms with van der Waals surface area (Å²) in [5.41, 5.74) is 2.88. The van der Waals surface area contributed by atoms with Crippen LogP contribution in [-0.2, 0) is 4.79 Å². The van der Waals surface area contributed by atoms with Gasteiger partial charge in [-0.2, -0.15) is 11.8 Å². The van der Waals surface area contributed by atoms with Crippen LogP contribution in [0, 0.1) is 0 Å². The lowest BCUT2D eigenvalue weighted by Crippen LogP contribution is -2.41. The van der Waals surface area contributed by atoms with Gasteiger partial charge in [0.25, 0.3) is 0 Å². The second-order valence-corrected chi connectivity index (χ2v) is 6.75. The van der Waals surface area contributed by atoms with Crippen LogP contribution in [0.5, 0.6) is 0 Å². The van der Waals surface area contributed by atoms with Gasteiger partial charge in [-0.1, -0.05) is 41.7 Å². The molecule has 1 fully saturated rings. The zero-order valence-corrected chi connectivity index (χ0v) is 13.1. The maximum Gasteiger partial charge on any atom is 0.240 e. The molecule has 7 heteroatoms. The lowest BCUT2D eigenvalue weighted by molar-refractivity contribution is -0.117. The molecule has 1 atom stereocenters. The van der Waals surface area contributed by atoms with Gasteiger partial charge in [0.05, 0.1) is 6.54 Å². The van der Waals surface area contributed by atoms with E-state index >= 15 is 0 Å². The summed E-state index contributed by atoms with van der Waals surface area (Å²) >= 11 is 3.27. The number of amides is 1. The van der Waals surface area contributed by atoms with Crippen molar-refractivity contribution in [1.29, 1.82) is 0 Å². The number of rotatable bonds is 4. The zero-order chi connectivity index (χ0) is 14.5. The van der Waals surface area contributed by atoms with E-state index in [4.69, 9.17) is 0 Å². The molecule has 5 nitrogen and oxygen atoms in total. The van der Waals surface area contributed by atoms with Crippen molar-refractivity contribution in [3.05, 3.63) is 41.4 Å². The van der Waals surface area contributed by atoms with E-state index in [1.807, 2.05) is 30.0 Å². The van der Waals surface area contributed by atoms with Crippen LogP contribution in [0.2, 0.25) is 0 Å². The second-order valence-electron chi connectivity index (χ2n) is 4.76. The highest BCUT2D eigenvalue weighted by molar-refractivity contribution is 7.99. The van der Waals surface area contributed by atoms with E-state index in [0.717, 1.165) is 18.1 Å². The second kappa shape index (κ2) is 7.02. The van der Waals surface area contributed by atoms with Gasteiger partial charge in [0.2, 0.25) is 11.0 Å². The number of anilines is 1. The molecule has 1 saturated heterocycles. The molecule has 1 aliphatic rings. The molecule has 1 aromatic carbocycles. The van der Waals surface area contributed by atoms with Crippen LogP contribution in [0.3, 0.4) is 0 Å². The third-order valence-corrected chi connectivity index (χ3v) is 5.01. The van der Waals surface area contributed by atoms with Gasteiger partial charge in [-0.3, -0.25) is 15.0 Å². The average molecular weight is 320 g/mol. The van der Waals surface area contributed by atoms with Crippen molar-refractivity contribution in [2.45, 2.75) is 6.04 Å². The molecule has 0 saturated carbocycles. The predicted octanol–water partition coefficient (Wildman–Crippen LogP) is 2.27. The number of benzene rings is 1. The minimum atomic E-state index is -0.0282. The van der Waals surface area contributed by atoms with Crippen LogP contribution in [0.15, 0.2) is 35.8 Å². The van der Waals surface area contributed by atoms with Gasteiger partial charge in [-0.15, -0.1) is 10.2 Å². The van der Waals surface area contributed by atoms with Crippen molar-refractivity contribution < 1.29 is 4.79 Å². The fourth-order valence-electron chi connectivity index (χ4n) is 2.38. The molecule has 110 valence electrons. The maximum absolute atomic E-state index is 12.1. The normalized spacial score (nSPS) is 19.3. The fraction of sp³-hybridized carbons (Fsp3) is 0.357. The van der Waals surface area contributed by atoms with Gasteiger partial charge in [-0.05, 0) is 5.56 Å².